The van der Waals surface area contributed by atoms with Gasteiger partial charge in [0.1, 0.15) is 29.8 Å². The van der Waals surface area contributed by atoms with Gasteiger partial charge in [0.2, 0.25) is 0 Å². The maximum Gasteiger partial charge on any atom is 0.362 e. The smallest absolute Gasteiger partial charge is 0.362 e. The molecule has 3 rings (SSSR count). The number of halogens is 1. The highest BCUT2D eigenvalue weighted by Gasteiger charge is 2.60. The topological polar surface area (TPSA) is 142 Å². The fraction of sp³-hybridized carbons (Fsp3) is 0.682. The summed E-state index contributed by atoms with van der Waals surface area (Å²) in [5.74, 6) is 4.32. The molecule has 184 valence electrons. The summed E-state index contributed by atoms with van der Waals surface area (Å²) in [7, 11) is -4.16. The van der Waals surface area contributed by atoms with Crippen LogP contribution >= 0.6 is 7.60 Å². The highest BCUT2D eigenvalue weighted by atomic mass is 31.2. The second-order valence-electron chi connectivity index (χ2n) is 8.80. The van der Waals surface area contributed by atoms with Crippen molar-refractivity contribution < 1.29 is 38.1 Å². The van der Waals surface area contributed by atoms with Gasteiger partial charge in [0.05, 0.1) is 29.4 Å². The Kier molecular flexibility index (Phi) is 7.29. The molecule has 2 aliphatic rings. The van der Waals surface area contributed by atoms with Crippen molar-refractivity contribution in [1.29, 1.82) is 0 Å². The Morgan fingerprint density at radius 3 is 2.45 bits per heavy atom. The van der Waals surface area contributed by atoms with Crippen molar-refractivity contribution in [3.8, 4) is 11.8 Å². The van der Waals surface area contributed by atoms with E-state index in [1.165, 1.54) is 20.8 Å². The molecule has 3 heterocycles. The number of nitrogens with one attached hydrogen (secondary N) is 1. The van der Waals surface area contributed by atoms with E-state index in [4.69, 9.17) is 14.0 Å². The zero-order chi connectivity index (χ0) is 24.8. The van der Waals surface area contributed by atoms with Crippen molar-refractivity contribution in [2.45, 2.75) is 89.2 Å². The zero-order valence-electron chi connectivity index (χ0n) is 19.3. The van der Waals surface area contributed by atoms with Crippen LogP contribution < -0.4 is 5.56 Å². The fourth-order valence-electron chi connectivity index (χ4n) is 4.03. The van der Waals surface area contributed by atoms with E-state index in [1.807, 2.05) is 0 Å². The third-order valence-corrected chi connectivity index (χ3v) is 8.74. The molecule has 9 nitrogen and oxygen atoms in total. The molecule has 6 unspecified atom stereocenters. The number of hydrogen-bond acceptors (Lipinski definition) is 7. The van der Waals surface area contributed by atoms with Gasteiger partial charge in [-0.15, -0.1) is 0 Å². The minimum absolute atomic E-state index is 0.0336. The molecule has 0 amide bonds. The average Bonchev–Trinajstić information content (AvgIpc) is 3.48. The first-order chi connectivity index (χ1) is 15.3. The first-order valence-electron chi connectivity index (χ1n) is 10.9. The van der Waals surface area contributed by atoms with Crippen LogP contribution in [0.5, 0.6) is 0 Å². The number of hydrogen-bond donors (Lipinski definition) is 4. The molecule has 2 fully saturated rings. The van der Waals surface area contributed by atoms with Gasteiger partial charge in [0, 0.05) is 6.42 Å². The summed E-state index contributed by atoms with van der Waals surface area (Å²) in [5.41, 5.74) is -2.21. The van der Waals surface area contributed by atoms with E-state index in [1.54, 1.807) is 13.8 Å². The van der Waals surface area contributed by atoms with Crippen LogP contribution in [-0.2, 0) is 18.6 Å². The number of aromatic nitrogens is 1. The molecule has 2 aliphatic heterocycles. The molecule has 1 aromatic heterocycles. The van der Waals surface area contributed by atoms with Gasteiger partial charge in [-0.3, -0.25) is 13.9 Å². The van der Waals surface area contributed by atoms with Crippen LogP contribution in [0, 0.1) is 24.6 Å². The van der Waals surface area contributed by atoms with Crippen LogP contribution in [0.3, 0.4) is 0 Å². The van der Waals surface area contributed by atoms with Gasteiger partial charge in [-0.1, -0.05) is 19.8 Å². The van der Waals surface area contributed by atoms with Gasteiger partial charge in [-0.25, -0.2) is 4.39 Å². The van der Waals surface area contributed by atoms with Gasteiger partial charge >= 0.3 is 7.60 Å². The van der Waals surface area contributed by atoms with E-state index in [0.717, 1.165) is 0 Å². The summed E-state index contributed by atoms with van der Waals surface area (Å²) < 4.78 is 44.6. The summed E-state index contributed by atoms with van der Waals surface area (Å²) in [6.45, 7) is 7.93. The molecule has 0 aromatic carbocycles. The van der Waals surface area contributed by atoms with Gasteiger partial charge in [0.15, 0.2) is 5.34 Å². The lowest BCUT2D eigenvalue weighted by Gasteiger charge is -2.37. The molecular formula is C22H31FNO8P. The first-order valence-corrected chi connectivity index (χ1v) is 12.5. The lowest BCUT2D eigenvalue weighted by molar-refractivity contribution is -0.0571. The third kappa shape index (κ3) is 4.69. The Morgan fingerprint density at radius 2 is 1.94 bits per heavy atom. The molecular weight excluding hydrogens is 456 g/mol. The minimum Gasteiger partial charge on any atom is -0.388 e. The predicted molar refractivity (Wildman–Crippen MR) is 117 cm³/mol. The number of aliphatic hydroxyl groups excluding tert-OH is 2. The number of H-pyrrole nitrogens is 1. The van der Waals surface area contributed by atoms with Gasteiger partial charge < -0.3 is 29.6 Å². The number of aliphatic hydroxyl groups is 2. The van der Waals surface area contributed by atoms with Crippen molar-refractivity contribution >= 4 is 7.60 Å². The quantitative estimate of drug-likeness (QED) is 0.249. The highest BCUT2D eigenvalue weighted by molar-refractivity contribution is 7.54. The SMILES string of the molecule is CC#Cc1[nH]c(=O)c(C)c(F)c1C1OC(CC(CC)(CC)OP(=O)(O)C2(C)CO2)C(O)C1O. The third-order valence-electron chi connectivity index (χ3n) is 6.65. The first kappa shape index (κ1) is 26.0. The Bertz CT molecular complexity index is 1070. The monoisotopic (exact) mass is 487 g/mol. The Hall–Kier alpha value is -1.57. The number of pyridine rings is 1. The van der Waals surface area contributed by atoms with Crippen LogP contribution in [0.15, 0.2) is 4.79 Å². The molecule has 1 aromatic rings. The molecule has 0 spiro atoms. The van der Waals surface area contributed by atoms with E-state index in [0.29, 0.717) is 12.8 Å². The highest BCUT2D eigenvalue weighted by Crippen LogP contribution is 2.65. The summed E-state index contributed by atoms with van der Waals surface area (Å²) in [6.07, 6.45) is -4.71. The molecule has 2 saturated heterocycles. The summed E-state index contributed by atoms with van der Waals surface area (Å²) in [5, 5.41) is 20.2. The Labute approximate surface area is 191 Å². The summed E-state index contributed by atoms with van der Waals surface area (Å²) in [4.78, 5) is 25.0. The molecule has 6 atom stereocenters. The largest absolute Gasteiger partial charge is 0.388 e. The predicted octanol–water partition coefficient (Wildman–Crippen LogP) is 2.25. The van der Waals surface area contributed by atoms with Gasteiger partial charge in [-0.2, -0.15) is 0 Å². The maximum absolute atomic E-state index is 15.1. The van der Waals surface area contributed by atoms with E-state index >= 15 is 4.39 Å². The molecule has 0 saturated carbocycles. The summed E-state index contributed by atoms with van der Waals surface area (Å²) >= 11 is 0. The van der Waals surface area contributed by atoms with E-state index in [9.17, 15) is 24.5 Å². The van der Waals surface area contributed by atoms with Crippen molar-refractivity contribution in [3.63, 3.8) is 0 Å². The normalized spacial score (nSPS) is 31.1. The van der Waals surface area contributed by atoms with Crippen molar-refractivity contribution in [1.82, 2.24) is 4.98 Å². The Morgan fingerprint density at radius 1 is 1.33 bits per heavy atom. The summed E-state index contributed by atoms with van der Waals surface area (Å²) in [6, 6.07) is 0. The molecule has 4 N–H and O–H groups in total. The average molecular weight is 487 g/mol. The lowest BCUT2D eigenvalue weighted by atomic mass is 9.88. The zero-order valence-corrected chi connectivity index (χ0v) is 20.2. The standard InChI is InChI=1S/C22H31FNO8P/c1-6-9-13-15(16(23)12(4)20(27)24-13)19-18(26)17(25)14(31-19)10-22(7-2,8-3)32-33(28,29)21(5)11-30-21/h14,17-19,25-26H,7-8,10-11H2,1-5H3,(H,24,27)(H,28,29). The van der Waals surface area contributed by atoms with Crippen LogP contribution in [0.1, 0.15) is 69.9 Å². The van der Waals surface area contributed by atoms with Crippen LogP contribution in [0.2, 0.25) is 0 Å². The molecule has 0 aliphatic carbocycles. The van der Waals surface area contributed by atoms with E-state index < -0.39 is 54.3 Å². The second kappa shape index (κ2) is 9.23. The molecule has 0 bridgehead atoms. The number of epoxide rings is 1. The molecule has 0 radical (unpaired) electrons. The van der Waals surface area contributed by atoms with Crippen molar-refractivity contribution in [2.75, 3.05) is 6.61 Å². The van der Waals surface area contributed by atoms with E-state index in [-0.39, 0.29) is 29.8 Å². The van der Waals surface area contributed by atoms with Crippen molar-refractivity contribution in [2.24, 2.45) is 0 Å². The second-order valence-corrected chi connectivity index (χ2v) is 11.0. The number of rotatable bonds is 8. The Balaban J connectivity index is 1.93. The molecule has 33 heavy (non-hydrogen) atoms. The lowest BCUT2D eigenvalue weighted by Crippen LogP contribution is -2.40. The van der Waals surface area contributed by atoms with Crippen molar-refractivity contribution in [3.05, 3.63) is 33.0 Å². The van der Waals surface area contributed by atoms with Gasteiger partial charge in [-0.05, 0) is 39.5 Å². The van der Waals surface area contributed by atoms with Gasteiger partial charge in [0.25, 0.3) is 5.56 Å². The van der Waals surface area contributed by atoms with Crippen LogP contribution in [0.25, 0.3) is 0 Å². The minimum atomic E-state index is -4.16. The number of aromatic amines is 1. The van der Waals surface area contributed by atoms with Crippen LogP contribution in [0.4, 0.5) is 4.39 Å². The fourth-order valence-corrected chi connectivity index (χ4v) is 5.47. The maximum atomic E-state index is 15.1. The number of ether oxygens (including phenoxy) is 2. The molecule has 11 heteroatoms. The van der Waals surface area contributed by atoms with E-state index in [2.05, 4.69) is 16.8 Å². The van der Waals surface area contributed by atoms with Crippen LogP contribution in [-0.4, -0.2) is 56.0 Å².